The van der Waals surface area contributed by atoms with Crippen molar-refractivity contribution < 1.29 is 18.0 Å². The summed E-state index contributed by atoms with van der Waals surface area (Å²) in [5, 5.41) is 0. The molecule has 1 unspecified atom stereocenters. The molecule has 2 heterocycles. The number of benzene rings is 2. The van der Waals surface area contributed by atoms with E-state index in [-0.39, 0.29) is 34.8 Å². The largest absolute Gasteiger partial charge is 0.343 e. The molecule has 0 saturated carbocycles. The van der Waals surface area contributed by atoms with Crippen LogP contribution in [0.25, 0.3) is 0 Å². The summed E-state index contributed by atoms with van der Waals surface area (Å²) >= 11 is 0. The molecule has 32 heavy (non-hydrogen) atoms. The van der Waals surface area contributed by atoms with Gasteiger partial charge in [-0.15, -0.1) is 0 Å². The van der Waals surface area contributed by atoms with Crippen molar-refractivity contribution in [2.24, 2.45) is 0 Å². The van der Waals surface area contributed by atoms with Gasteiger partial charge in [0.15, 0.2) is 0 Å². The Hall–Kier alpha value is -2.87. The average Bonchev–Trinajstić information content (AvgIpc) is 2.78. The van der Waals surface area contributed by atoms with E-state index in [2.05, 4.69) is 6.92 Å². The van der Waals surface area contributed by atoms with Gasteiger partial charge in [0.25, 0.3) is 10.0 Å². The number of amides is 3. The summed E-state index contributed by atoms with van der Waals surface area (Å²) in [5.74, 6) is -0.154. The van der Waals surface area contributed by atoms with Gasteiger partial charge in [0.05, 0.1) is 11.4 Å². The zero-order chi connectivity index (χ0) is 23.0. The van der Waals surface area contributed by atoms with Crippen molar-refractivity contribution in [2.45, 2.75) is 57.4 Å². The summed E-state index contributed by atoms with van der Waals surface area (Å²) in [4.78, 5) is 30.0. The van der Waals surface area contributed by atoms with Crippen LogP contribution in [0.5, 0.6) is 0 Å². The maximum absolute atomic E-state index is 13.6. The van der Waals surface area contributed by atoms with E-state index in [1.165, 1.54) is 11.0 Å². The summed E-state index contributed by atoms with van der Waals surface area (Å²) in [7, 11) is -4.11. The molecule has 0 bridgehead atoms. The standard InChI is InChI=1S/C24H29N3O4S/c1-4-19-9-7-8-14-25(19)23(28)16-26-21-10-5-6-11-22(21)32(30,31)27(24(26)29)20-13-12-17(2)18(3)15-20/h5-6,10-13,15,19H,4,7-9,14,16H2,1-3H3. The highest BCUT2D eigenvalue weighted by Crippen LogP contribution is 2.37. The molecule has 0 aromatic heterocycles. The predicted molar refractivity (Wildman–Crippen MR) is 124 cm³/mol. The molecule has 0 spiro atoms. The molecule has 1 fully saturated rings. The molecule has 3 amide bonds. The minimum Gasteiger partial charge on any atom is -0.338 e. The molecule has 4 rings (SSSR count). The summed E-state index contributed by atoms with van der Waals surface area (Å²) in [6, 6.07) is 10.9. The number of para-hydroxylation sites is 1. The van der Waals surface area contributed by atoms with E-state index in [0.29, 0.717) is 6.54 Å². The van der Waals surface area contributed by atoms with Crippen LogP contribution in [0.2, 0.25) is 0 Å². The van der Waals surface area contributed by atoms with Crippen LogP contribution in [0.15, 0.2) is 47.4 Å². The number of piperidine rings is 1. The highest BCUT2D eigenvalue weighted by Gasteiger charge is 2.43. The van der Waals surface area contributed by atoms with Gasteiger partial charge in [-0.25, -0.2) is 13.2 Å². The van der Waals surface area contributed by atoms with E-state index in [0.717, 1.165) is 41.1 Å². The molecule has 2 aromatic carbocycles. The van der Waals surface area contributed by atoms with Crippen molar-refractivity contribution in [1.29, 1.82) is 0 Å². The van der Waals surface area contributed by atoms with Gasteiger partial charge < -0.3 is 4.90 Å². The zero-order valence-corrected chi connectivity index (χ0v) is 19.6. The Kier molecular flexibility index (Phi) is 5.99. The van der Waals surface area contributed by atoms with E-state index in [1.807, 2.05) is 18.7 Å². The van der Waals surface area contributed by atoms with Crippen LogP contribution in [0.1, 0.15) is 43.7 Å². The number of carbonyl (C=O) groups is 2. The van der Waals surface area contributed by atoms with Crippen LogP contribution in [0.4, 0.5) is 16.2 Å². The molecule has 1 atom stereocenters. The first-order valence-corrected chi connectivity index (χ1v) is 12.5. The Labute approximate surface area is 189 Å². The fraction of sp³-hybridized carbons (Fsp3) is 0.417. The summed E-state index contributed by atoms with van der Waals surface area (Å²) < 4.78 is 27.7. The van der Waals surface area contributed by atoms with Crippen LogP contribution in [-0.4, -0.2) is 44.4 Å². The van der Waals surface area contributed by atoms with Crippen molar-refractivity contribution in [3.05, 3.63) is 53.6 Å². The van der Waals surface area contributed by atoms with E-state index in [9.17, 15) is 18.0 Å². The first-order valence-electron chi connectivity index (χ1n) is 11.1. The van der Waals surface area contributed by atoms with Crippen molar-refractivity contribution in [2.75, 3.05) is 22.3 Å². The number of hydrogen-bond donors (Lipinski definition) is 0. The highest BCUT2D eigenvalue weighted by molar-refractivity contribution is 7.94. The van der Waals surface area contributed by atoms with Crippen LogP contribution >= 0.6 is 0 Å². The lowest BCUT2D eigenvalue weighted by molar-refractivity contribution is -0.133. The second-order valence-electron chi connectivity index (χ2n) is 8.52. The fourth-order valence-corrected chi connectivity index (χ4v) is 6.13. The number of carbonyl (C=O) groups excluding carboxylic acids is 2. The van der Waals surface area contributed by atoms with Gasteiger partial charge in [-0.2, -0.15) is 4.31 Å². The van der Waals surface area contributed by atoms with Gasteiger partial charge in [-0.1, -0.05) is 25.1 Å². The molecule has 0 radical (unpaired) electrons. The SMILES string of the molecule is CCC1CCCCN1C(=O)CN1C(=O)N(c2ccc(C)c(C)c2)S(=O)(=O)c2ccccc21. The Balaban J connectivity index is 1.76. The van der Waals surface area contributed by atoms with Crippen molar-refractivity contribution in [3.8, 4) is 0 Å². The molecule has 0 aliphatic carbocycles. The lowest BCUT2D eigenvalue weighted by Crippen LogP contribution is -2.55. The summed E-state index contributed by atoms with van der Waals surface area (Å²) in [5.41, 5.74) is 2.40. The van der Waals surface area contributed by atoms with E-state index >= 15 is 0 Å². The van der Waals surface area contributed by atoms with Crippen molar-refractivity contribution >= 4 is 33.3 Å². The van der Waals surface area contributed by atoms with Gasteiger partial charge in [0, 0.05) is 12.6 Å². The van der Waals surface area contributed by atoms with E-state index in [1.54, 1.807) is 36.4 Å². The minimum atomic E-state index is -4.11. The Morgan fingerprint density at radius 2 is 1.81 bits per heavy atom. The van der Waals surface area contributed by atoms with Crippen molar-refractivity contribution in [3.63, 3.8) is 0 Å². The number of nitrogens with zero attached hydrogens (tertiary/aromatic N) is 3. The Morgan fingerprint density at radius 3 is 2.53 bits per heavy atom. The van der Waals surface area contributed by atoms with Crippen LogP contribution in [-0.2, 0) is 14.8 Å². The number of sulfonamides is 1. The molecule has 7 nitrogen and oxygen atoms in total. The summed E-state index contributed by atoms with van der Waals surface area (Å²) in [6.07, 6.45) is 3.85. The van der Waals surface area contributed by atoms with Gasteiger partial charge in [-0.3, -0.25) is 9.69 Å². The number of fused-ring (bicyclic) bond motifs is 1. The molecule has 8 heteroatoms. The Bertz CT molecular complexity index is 1160. The number of likely N-dealkylation sites (tertiary alicyclic amines) is 1. The maximum atomic E-state index is 13.6. The maximum Gasteiger partial charge on any atom is 0.343 e. The third kappa shape index (κ3) is 3.77. The van der Waals surface area contributed by atoms with Gasteiger partial charge in [-0.05, 0) is 74.9 Å². The quantitative estimate of drug-likeness (QED) is 0.691. The lowest BCUT2D eigenvalue weighted by atomic mass is 10.00. The molecule has 2 aliphatic heterocycles. The number of rotatable bonds is 4. The topological polar surface area (TPSA) is 78.0 Å². The van der Waals surface area contributed by atoms with Gasteiger partial charge in [0.1, 0.15) is 11.4 Å². The van der Waals surface area contributed by atoms with Crippen LogP contribution in [0, 0.1) is 13.8 Å². The smallest absolute Gasteiger partial charge is 0.338 e. The monoisotopic (exact) mass is 455 g/mol. The van der Waals surface area contributed by atoms with E-state index < -0.39 is 16.1 Å². The normalized spacial score (nSPS) is 20.3. The fourth-order valence-electron chi connectivity index (χ4n) is 4.55. The number of urea groups is 1. The molecule has 0 N–H and O–H groups in total. The minimum absolute atomic E-state index is 0.0244. The van der Waals surface area contributed by atoms with Crippen molar-refractivity contribution in [1.82, 2.24) is 4.90 Å². The second kappa shape index (κ2) is 8.58. The molecule has 170 valence electrons. The van der Waals surface area contributed by atoms with Gasteiger partial charge >= 0.3 is 6.03 Å². The van der Waals surface area contributed by atoms with Crippen LogP contribution < -0.4 is 9.21 Å². The third-order valence-electron chi connectivity index (χ3n) is 6.52. The Morgan fingerprint density at radius 1 is 1.06 bits per heavy atom. The van der Waals surface area contributed by atoms with Gasteiger partial charge in [0.2, 0.25) is 5.91 Å². The average molecular weight is 456 g/mol. The third-order valence-corrected chi connectivity index (χ3v) is 8.26. The highest BCUT2D eigenvalue weighted by atomic mass is 32.2. The lowest BCUT2D eigenvalue weighted by Gasteiger charge is -2.39. The number of hydrogen-bond acceptors (Lipinski definition) is 4. The summed E-state index contributed by atoms with van der Waals surface area (Å²) in [6.45, 7) is 6.33. The molecule has 2 aromatic rings. The molecule has 2 aliphatic rings. The first kappa shape index (κ1) is 22.3. The zero-order valence-electron chi connectivity index (χ0n) is 18.7. The molecular weight excluding hydrogens is 426 g/mol. The molecular formula is C24H29N3O4S. The number of anilines is 2. The van der Waals surface area contributed by atoms with Crippen LogP contribution in [0.3, 0.4) is 0 Å². The van der Waals surface area contributed by atoms with E-state index in [4.69, 9.17) is 0 Å². The second-order valence-corrected chi connectivity index (χ2v) is 10.3. The predicted octanol–water partition coefficient (Wildman–Crippen LogP) is 4.23. The number of aryl methyl sites for hydroxylation is 2. The molecule has 1 saturated heterocycles. The first-order chi connectivity index (χ1) is 15.3.